The van der Waals surface area contributed by atoms with Crippen molar-refractivity contribution >= 4 is 31.9 Å². The van der Waals surface area contributed by atoms with Crippen LogP contribution in [0.4, 0.5) is 0 Å². The van der Waals surface area contributed by atoms with E-state index in [1.54, 1.807) is 7.11 Å². The molecule has 0 atom stereocenters. The first-order valence-corrected chi connectivity index (χ1v) is 9.20. The van der Waals surface area contributed by atoms with Gasteiger partial charge in [0.1, 0.15) is 5.75 Å². The Morgan fingerprint density at radius 3 is 2.33 bits per heavy atom. The van der Waals surface area contributed by atoms with Crippen molar-refractivity contribution in [2.75, 3.05) is 17.8 Å². The lowest BCUT2D eigenvalue weighted by Gasteiger charge is -2.31. The highest BCUT2D eigenvalue weighted by atomic mass is 79.9. The number of aryl methyl sites for hydroxylation is 1. The second-order valence-corrected chi connectivity index (χ2v) is 6.53. The van der Waals surface area contributed by atoms with E-state index in [1.807, 2.05) is 12.1 Å². The summed E-state index contributed by atoms with van der Waals surface area (Å²) in [5.41, 5.74) is 3.89. The highest BCUT2D eigenvalue weighted by molar-refractivity contribution is 9.09. The van der Waals surface area contributed by atoms with E-state index in [0.717, 1.165) is 22.8 Å². The molecule has 0 N–H and O–H groups in total. The van der Waals surface area contributed by atoms with E-state index in [1.165, 1.54) is 16.7 Å². The molecule has 0 heterocycles. The van der Waals surface area contributed by atoms with E-state index in [2.05, 4.69) is 75.2 Å². The van der Waals surface area contributed by atoms with Crippen molar-refractivity contribution in [2.24, 2.45) is 0 Å². The van der Waals surface area contributed by atoms with Crippen LogP contribution in [0.3, 0.4) is 0 Å². The zero-order valence-corrected chi connectivity index (χ0v) is 15.6. The topological polar surface area (TPSA) is 9.23 Å². The van der Waals surface area contributed by atoms with Crippen LogP contribution < -0.4 is 4.74 Å². The molecule has 0 aromatic heterocycles. The molecule has 0 bridgehead atoms. The molecular weight excluding hydrogens is 392 g/mol. The maximum Gasteiger partial charge on any atom is 0.122 e. The zero-order chi connectivity index (χ0) is 15.3. The first-order valence-electron chi connectivity index (χ1n) is 6.96. The minimum atomic E-state index is 0.0145. The summed E-state index contributed by atoms with van der Waals surface area (Å²) < 4.78 is 5.51. The van der Waals surface area contributed by atoms with Gasteiger partial charge in [-0.3, -0.25) is 0 Å². The Morgan fingerprint density at radius 2 is 1.71 bits per heavy atom. The van der Waals surface area contributed by atoms with Crippen LogP contribution in [0.5, 0.6) is 5.75 Å². The average Bonchev–Trinajstić information content (AvgIpc) is 2.53. The van der Waals surface area contributed by atoms with Crippen molar-refractivity contribution in [3.63, 3.8) is 0 Å². The molecule has 0 aliphatic rings. The third-order valence-corrected chi connectivity index (χ3v) is 6.01. The summed E-state index contributed by atoms with van der Waals surface area (Å²) in [5.74, 6) is 0.955. The highest BCUT2D eigenvalue weighted by Gasteiger charge is 2.31. The van der Waals surface area contributed by atoms with E-state index in [4.69, 9.17) is 4.74 Å². The van der Waals surface area contributed by atoms with Crippen LogP contribution in [0.2, 0.25) is 0 Å². The van der Waals surface area contributed by atoms with Gasteiger partial charge in [-0.2, -0.15) is 0 Å². The van der Waals surface area contributed by atoms with Gasteiger partial charge in [0.15, 0.2) is 0 Å². The van der Waals surface area contributed by atoms with Crippen molar-refractivity contribution in [3.8, 4) is 5.75 Å². The Kier molecular flexibility index (Phi) is 5.88. The molecule has 2 aromatic carbocycles. The maximum absolute atomic E-state index is 5.51. The van der Waals surface area contributed by atoms with Gasteiger partial charge in [-0.1, -0.05) is 79.9 Å². The van der Waals surface area contributed by atoms with Crippen LogP contribution in [-0.2, 0) is 11.8 Å². The van der Waals surface area contributed by atoms with Crippen molar-refractivity contribution in [2.45, 2.75) is 18.8 Å². The number of benzene rings is 2. The SMILES string of the molecule is COc1ccccc1CC(CBr)(CBr)c1cccc(C)c1. The van der Waals surface area contributed by atoms with E-state index in [9.17, 15) is 0 Å². The maximum atomic E-state index is 5.51. The van der Waals surface area contributed by atoms with Gasteiger partial charge in [0.25, 0.3) is 0 Å². The quantitative estimate of drug-likeness (QED) is 0.588. The first kappa shape index (κ1) is 16.6. The molecule has 21 heavy (non-hydrogen) atoms. The summed E-state index contributed by atoms with van der Waals surface area (Å²) >= 11 is 7.46. The Morgan fingerprint density at radius 1 is 1.00 bits per heavy atom. The highest BCUT2D eigenvalue weighted by Crippen LogP contribution is 2.35. The van der Waals surface area contributed by atoms with Crippen LogP contribution >= 0.6 is 31.9 Å². The lowest BCUT2D eigenvalue weighted by atomic mass is 9.78. The molecule has 0 fully saturated rings. The van der Waals surface area contributed by atoms with Gasteiger partial charge in [-0.05, 0) is 30.5 Å². The van der Waals surface area contributed by atoms with E-state index >= 15 is 0 Å². The Labute approximate surface area is 144 Å². The molecule has 112 valence electrons. The predicted octanol–water partition coefficient (Wildman–Crippen LogP) is 5.27. The Balaban J connectivity index is 2.43. The van der Waals surface area contributed by atoms with Crippen molar-refractivity contribution in [1.82, 2.24) is 0 Å². The van der Waals surface area contributed by atoms with Crippen molar-refractivity contribution < 1.29 is 4.74 Å². The fourth-order valence-corrected chi connectivity index (χ4v) is 4.55. The van der Waals surface area contributed by atoms with Gasteiger partial charge in [0.05, 0.1) is 7.11 Å². The summed E-state index contributed by atoms with van der Waals surface area (Å²) in [6, 6.07) is 17.0. The number of methoxy groups -OCH3 is 1. The lowest BCUT2D eigenvalue weighted by molar-refractivity contribution is 0.404. The summed E-state index contributed by atoms with van der Waals surface area (Å²) in [5, 5.41) is 1.79. The monoisotopic (exact) mass is 410 g/mol. The van der Waals surface area contributed by atoms with Crippen LogP contribution in [0.1, 0.15) is 16.7 Å². The van der Waals surface area contributed by atoms with Gasteiger partial charge >= 0.3 is 0 Å². The molecule has 0 amide bonds. The first-order chi connectivity index (χ1) is 10.1. The van der Waals surface area contributed by atoms with Gasteiger partial charge in [-0.15, -0.1) is 0 Å². The standard InChI is InChI=1S/C18H20Br2O/c1-14-6-5-8-16(10-14)18(12-19,13-20)11-15-7-3-4-9-17(15)21-2/h3-10H,11-13H2,1-2H3. The molecule has 0 saturated carbocycles. The second kappa shape index (κ2) is 7.46. The summed E-state index contributed by atoms with van der Waals surface area (Å²) in [6.07, 6.45) is 0.928. The number of rotatable bonds is 6. The minimum Gasteiger partial charge on any atom is -0.496 e. The number of hydrogen-bond donors (Lipinski definition) is 0. The van der Waals surface area contributed by atoms with Crippen LogP contribution in [0, 0.1) is 6.92 Å². The molecule has 0 unspecified atom stereocenters. The molecular formula is C18H20Br2O. The van der Waals surface area contributed by atoms with Crippen LogP contribution in [0.25, 0.3) is 0 Å². The number of halogens is 2. The van der Waals surface area contributed by atoms with E-state index in [-0.39, 0.29) is 5.41 Å². The van der Waals surface area contributed by atoms with Gasteiger partial charge in [0, 0.05) is 16.1 Å². The predicted molar refractivity (Wildman–Crippen MR) is 97.1 cm³/mol. The van der Waals surface area contributed by atoms with Gasteiger partial charge < -0.3 is 4.74 Å². The molecule has 3 heteroatoms. The smallest absolute Gasteiger partial charge is 0.122 e. The zero-order valence-electron chi connectivity index (χ0n) is 12.4. The summed E-state index contributed by atoms with van der Waals surface area (Å²) in [4.78, 5) is 0. The third-order valence-electron chi connectivity index (χ3n) is 3.86. The lowest BCUT2D eigenvalue weighted by Crippen LogP contribution is -2.33. The molecule has 1 nitrogen and oxygen atoms in total. The minimum absolute atomic E-state index is 0.0145. The molecule has 0 aliphatic heterocycles. The molecule has 0 aliphatic carbocycles. The molecule has 2 rings (SSSR count). The van der Waals surface area contributed by atoms with Crippen LogP contribution in [-0.4, -0.2) is 17.8 Å². The fourth-order valence-electron chi connectivity index (χ4n) is 2.58. The van der Waals surface area contributed by atoms with E-state index in [0.29, 0.717) is 0 Å². The molecule has 2 aromatic rings. The summed E-state index contributed by atoms with van der Waals surface area (Å²) in [6.45, 7) is 2.14. The normalized spacial score (nSPS) is 11.4. The number of para-hydroxylation sites is 1. The molecule has 0 saturated heterocycles. The number of alkyl halides is 2. The van der Waals surface area contributed by atoms with Crippen molar-refractivity contribution in [3.05, 3.63) is 65.2 Å². The molecule has 0 radical (unpaired) electrons. The largest absolute Gasteiger partial charge is 0.496 e. The fraction of sp³-hybridized carbons (Fsp3) is 0.333. The van der Waals surface area contributed by atoms with Gasteiger partial charge in [0.2, 0.25) is 0 Å². The van der Waals surface area contributed by atoms with Gasteiger partial charge in [-0.25, -0.2) is 0 Å². The summed E-state index contributed by atoms with van der Waals surface area (Å²) in [7, 11) is 1.73. The number of ether oxygens (including phenoxy) is 1. The van der Waals surface area contributed by atoms with Crippen molar-refractivity contribution in [1.29, 1.82) is 0 Å². The van der Waals surface area contributed by atoms with Crippen LogP contribution in [0.15, 0.2) is 48.5 Å². The third kappa shape index (κ3) is 3.70. The second-order valence-electron chi connectivity index (χ2n) is 5.41. The average molecular weight is 412 g/mol. The molecule has 0 spiro atoms. The Hall–Kier alpha value is -0.800. The Bertz CT molecular complexity index is 591. The number of hydrogen-bond acceptors (Lipinski definition) is 1. The van der Waals surface area contributed by atoms with E-state index < -0.39 is 0 Å².